The second-order valence-corrected chi connectivity index (χ2v) is 7.10. The van der Waals surface area contributed by atoms with Gasteiger partial charge in [0.25, 0.3) is 0 Å². The van der Waals surface area contributed by atoms with Gasteiger partial charge in [0, 0.05) is 26.7 Å². The molecule has 2 aromatic carbocycles. The maximum absolute atomic E-state index is 5.46. The van der Waals surface area contributed by atoms with Crippen molar-refractivity contribution in [3.63, 3.8) is 0 Å². The van der Waals surface area contributed by atoms with Crippen LogP contribution < -0.4 is 19.3 Å². The summed E-state index contributed by atoms with van der Waals surface area (Å²) in [5.41, 5.74) is 3.69. The van der Waals surface area contributed by atoms with Crippen molar-refractivity contribution in [2.45, 2.75) is 19.5 Å². The Labute approximate surface area is 170 Å². The van der Waals surface area contributed by atoms with Gasteiger partial charge in [-0.1, -0.05) is 30.3 Å². The van der Waals surface area contributed by atoms with Gasteiger partial charge in [-0.25, -0.2) is 0 Å². The minimum Gasteiger partial charge on any atom is -0.493 e. The first-order chi connectivity index (χ1) is 14.2. The third-order valence-corrected chi connectivity index (χ3v) is 5.19. The third kappa shape index (κ3) is 4.08. The quantitative estimate of drug-likeness (QED) is 0.640. The lowest BCUT2D eigenvalue weighted by Crippen LogP contribution is -2.32. The monoisotopic (exact) mass is 391 g/mol. The van der Waals surface area contributed by atoms with Crippen LogP contribution in [0.5, 0.6) is 11.5 Å². The first kappa shape index (κ1) is 19.0. The molecule has 0 fully saturated rings. The van der Waals surface area contributed by atoms with Crippen LogP contribution in [0.3, 0.4) is 0 Å². The van der Waals surface area contributed by atoms with Crippen LogP contribution in [0.15, 0.2) is 48.7 Å². The standard InChI is InChI=1S/C22H25N5O2/c1-26(14-16-7-5-4-6-8-16)21-13-23-25-22(24-21)27-10-9-17-11-19(28-2)20(29-3)12-18(17)15-27/h4-8,11-13H,9-10,14-15H2,1-3H3. The zero-order valence-corrected chi connectivity index (χ0v) is 17.0. The molecule has 0 aliphatic carbocycles. The topological polar surface area (TPSA) is 63.6 Å². The second kappa shape index (κ2) is 8.34. The molecule has 0 bridgehead atoms. The Hall–Kier alpha value is -3.35. The Morgan fingerprint density at radius 1 is 1.03 bits per heavy atom. The van der Waals surface area contributed by atoms with Gasteiger partial charge in [0.1, 0.15) is 0 Å². The summed E-state index contributed by atoms with van der Waals surface area (Å²) < 4.78 is 10.9. The number of anilines is 2. The second-order valence-electron chi connectivity index (χ2n) is 7.10. The van der Waals surface area contributed by atoms with Crippen LogP contribution in [0.2, 0.25) is 0 Å². The number of rotatable bonds is 6. The number of benzene rings is 2. The molecule has 7 heteroatoms. The molecule has 1 aliphatic heterocycles. The molecule has 0 spiro atoms. The average molecular weight is 391 g/mol. The van der Waals surface area contributed by atoms with E-state index in [1.807, 2.05) is 31.3 Å². The Balaban J connectivity index is 1.53. The lowest BCUT2D eigenvalue weighted by atomic mass is 9.99. The van der Waals surface area contributed by atoms with E-state index in [2.05, 4.69) is 38.2 Å². The minimum absolute atomic E-state index is 0.642. The van der Waals surface area contributed by atoms with E-state index < -0.39 is 0 Å². The Kier molecular flexibility index (Phi) is 5.46. The van der Waals surface area contributed by atoms with E-state index in [9.17, 15) is 0 Å². The van der Waals surface area contributed by atoms with Crippen LogP contribution in [0.4, 0.5) is 11.8 Å². The van der Waals surface area contributed by atoms with Crippen molar-refractivity contribution >= 4 is 11.8 Å². The highest BCUT2D eigenvalue weighted by atomic mass is 16.5. The molecule has 0 saturated carbocycles. The summed E-state index contributed by atoms with van der Waals surface area (Å²) in [4.78, 5) is 9.00. The van der Waals surface area contributed by atoms with Gasteiger partial charge >= 0.3 is 0 Å². The average Bonchev–Trinajstić information content (AvgIpc) is 2.78. The molecule has 0 saturated heterocycles. The number of methoxy groups -OCH3 is 2. The number of hydrogen-bond acceptors (Lipinski definition) is 7. The van der Waals surface area contributed by atoms with Crippen molar-refractivity contribution in [2.24, 2.45) is 0 Å². The largest absolute Gasteiger partial charge is 0.493 e. The summed E-state index contributed by atoms with van der Waals surface area (Å²) in [6.07, 6.45) is 2.60. The molecule has 0 amide bonds. The van der Waals surface area contributed by atoms with Crippen molar-refractivity contribution in [2.75, 3.05) is 37.6 Å². The summed E-state index contributed by atoms with van der Waals surface area (Å²) in [6.45, 7) is 2.30. The van der Waals surface area contributed by atoms with Crippen molar-refractivity contribution in [3.05, 3.63) is 65.4 Å². The SMILES string of the molecule is COc1cc2c(cc1OC)CN(c1nncc(N(C)Cc3ccccc3)n1)CC2. The number of aromatic nitrogens is 3. The molecule has 0 atom stereocenters. The van der Waals surface area contributed by atoms with Crippen molar-refractivity contribution in [1.29, 1.82) is 0 Å². The molecular weight excluding hydrogens is 366 g/mol. The van der Waals surface area contributed by atoms with E-state index in [4.69, 9.17) is 14.5 Å². The fourth-order valence-corrected chi connectivity index (χ4v) is 3.60. The van der Waals surface area contributed by atoms with Crippen LogP contribution in [-0.4, -0.2) is 43.0 Å². The molecule has 150 valence electrons. The van der Waals surface area contributed by atoms with Gasteiger partial charge in [-0.15, -0.1) is 5.10 Å². The van der Waals surface area contributed by atoms with Crippen LogP contribution in [0, 0.1) is 0 Å². The van der Waals surface area contributed by atoms with Gasteiger partial charge in [-0.3, -0.25) is 0 Å². The fourth-order valence-electron chi connectivity index (χ4n) is 3.60. The van der Waals surface area contributed by atoms with Crippen molar-refractivity contribution < 1.29 is 9.47 Å². The highest BCUT2D eigenvalue weighted by Crippen LogP contribution is 2.34. The van der Waals surface area contributed by atoms with Crippen LogP contribution in [0.25, 0.3) is 0 Å². The Bertz CT molecular complexity index is 980. The molecule has 2 heterocycles. The van der Waals surface area contributed by atoms with E-state index in [1.54, 1.807) is 20.4 Å². The van der Waals surface area contributed by atoms with Gasteiger partial charge in [0.05, 0.1) is 20.4 Å². The number of ether oxygens (including phenoxy) is 2. The smallest absolute Gasteiger partial charge is 0.247 e. The summed E-state index contributed by atoms with van der Waals surface area (Å²) in [6, 6.07) is 14.4. The number of hydrogen-bond donors (Lipinski definition) is 0. The van der Waals surface area contributed by atoms with E-state index >= 15 is 0 Å². The fraction of sp³-hybridized carbons (Fsp3) is 0.318. The van der Waals surface area contributed by atoms with Gasteiger partial charge in [0.15, 0.2) is 17.3 Å². The van der Waals surface area contributed by atoms with E-state index in [-0.39, 0.29) is 0 Å². The maximum atomic E-state index is 5.46. The Morgan fingerprint density at radius 3 is 2.48 bits per heavy atom. The van der Waals surface area contributed by atoms with Gasteiger partial charge in [-0.2, -0.15) is 10.1 Å². The highest BCUT2D eigenvalue weighted by molar-refractivity contribution is 5.51. The minimum atomic E-state index is 0.642. The molecule has 1 aromatic heterocycles. The van der Waals surface area contributed by atoms with Crippen LogP contribution in [-0.2, 0) is 19.5 Å². The first-order valence-electron chi connectivity index (χ1n) is 9.61. The summed E-state index contributed by atoms with van der Waals surface area (Å²) in [5.74, 6) is 2.95. The molecule has 4 rings (SSSR count). The van der Waals surface area contributed by atoms with Crippen molar-refractivity contribution in [1.82, 2.24) is 15.2 Å². The molecule has 0 radical (unpaired) electrons. The Morgan fingerprint density at radius 2 is 1.76 bits per heavy atom. The molecule has 0 unspecified atom stereocenters. The van der Waals surface area contributed by atoms with Gasteiger partial charge < -0.3 is 19.3 Å². The van der Waals surface area contributed by atoms with Gasteiger partial charge in [-0.05, 0) is 35.2 Å². The molecule has 29 heavy (non-hydrogen) atoms. The predicted octanol–water partition coefficient (Wildman–Crippen LogP) is 3.09. The van der Waals surface area contributed by atoms with E-state index in [0.29, 0.717) is 12.5 Å². The summed E-state index contributed by atoms with van der Waals surface area (Å²) >= 11 is 0. The normalized spacial score (nSPS) is 13.0. The maximum Gasteiger partial charge on any atom is 0.247 e. The molecule has 1 aliphatic rings. The zero-order chi connectivity index (χ0) is 20.2. The van der Waals surface area contributed by atoms with Crippen LogP contribution >= 0.6 is 0 Å². The molecule has 7 nitrogen and oxygen atoms in total. The molecular formula is C22H25N5O2. The lowest BCUT2D eigenvalue weighted by molar-refractivity contribution is 0.353. The van der Waals surface area contributed by atoms with Crippen molar-refractivity contribution in [3.8, 4) is 11.5 Å². The zero-order valence-electron chi connectivity index (χ0n) is 17.0. The van der Waals surface area contributed by atoms with Gasteiger partial charge in [0.2, 0.25) is 5.95 Å². The third-order valence-electron chi connectivity index (χ3n) is 5.19. The first-order valence-corrected chi connectivity index (χ1v) is 9.61. The lowest BCUT2D eigenvalue weighted by Gasteiger charge is -2.30. The summed E-state index contributed by atoms with van der Waals surface area (Å²) in [5, 5.41) is 8.48. The highest BCUT2D eigenvalue weighted by Gasteiger charge is 2.22. The van der Waals surface area contributed by atoms with E-state index in [1.165, 1.54) is 16.7 Å². The van der Waals surface area contributed by atoms with E-state index in [0.717, 1.165) is 36.8 Å². The predicted molar refractivity (Wildman–Crippen MR) is 113 cm³/mol. The molecule has 3 aromatic rings. The number of fused-ring (bicyclic) bond motifs is 1. The number of nitrogens with zero attached hydrogens (tertiary/aromatic N) is 5. The van der Waals surface area contributed by atoms with Crippen LogP contribution in [0.1, 0.15) is 16.7 Å². The molecule has 0 N–H and O–H groups in total. The summed E-state index contributed by atoms with van der Waals surface area (Å²) in [7, 11) is 5.34.